The first kappa shape index (κ1) is 26.5. The topological polar surface area (TPSA) is 43.6 Å². The Labute approximate surface area is 336 Å². The van der Waals surface area contributed by atoms with Gasteiger partial charge in [-0.25, -0.2) is 15.0 Å². The van der Waals surface area contributed by atoms with E-state index in [1.54, 1.807) is 0 Å². The minimum absolute atomic E-state index is 0.0601. The van der Waals surface area contributed by atoms with Gasteiger partial charge in [0.05, 0.1) is 24.9 Å². The molecule has 0 saturated heterocycles. The first-order valence-corrected chi connectivity index (χ1v) is 19.1. The van der Waals surface area contributed by atoms with Crippen LogP contribution in [0.1, 0.15) is 8.22 Å². The first-order valence-electron chi connectivity index (χ1n) is 21.3. The molecule has 0 amide bonds. The third kappa shape index (κ3) is 5.32. The number of nitrogens with zero attached hydrogens (tertiary/aromatic N) is 4. The number of benzene rings is 8. The number of thiophene rings is 1. The van der Waals surface area contributed by atoms with E-state index in [0.29, 0.717) is 54.6 Å². The highest BCUT2D eigenvalue weighted by Crippen LogP contribution is 2.45. The van der Waals surface area contributed by atoms with E-state index in [2.05, 4.69) is 53.1 Å². The van der Waals surface area contributed by atoms with Crippen LogP contribution in [-0.2, 0) is 0 Å². The van der Waals surface area contributed by atoms with Gasteiger partial charge < -0.3 is 4.57 Å². The number of rotatable bonds is 6. The summed E-state index contributed by atoms with van der Waals surface area (Å²) in [6.07, 6.45) is 0. The molecule has 0 spiro atoms. The summed E-state index contributed by atoms with van der Waals surface area (Å²) >= 11 is 1.22. The Morgan fingerprint density at radius 1 is 0.393 bits per heavy atom. The van der Waals surface area contributed by atoms with E-state index >= 15 is 0 Å². The van der Waals surface area contributed by atoms with Crippen molar-refractivity contribution in [2.24, 2.45) is 0 Å². The largest absolute Gasteiger partial charge is 0.308 e. The molecule has 8 aromatic carbocycles. The molecule has 0 aliphatic rings. The highest BCUT2D eigenvalue weighted by atomic mass is 32.1. The van der Waals surface area contributed by atoms with Gasteiger partial charge in [0.2, 0.25) is 0 Å². The lowest BCUT2D eigenvalue weighted by Gasteiger charge is -2.19. The molecule has 56 heavy (non-hydrogen) atoms. The monoisotopic (exact) mass is 738 g/mol. The van der Waals surface area contributed by atoms with Gasteiger partial charge in [0, 0.05) is 58.8 Å². The molecule has 3 heterocycles. The molecule has 4 nitrogen and oxygen atoms in total. The molecular weight excluding hydrogens is 701 g/mol. The van der Waals surface area contributed by atoms with Gasteiger partial charge in [-0.2, -0.15) is 0 Å². The fourth-order valence-corrected chi connectivity index (χ4v) is 8.77. The third-order valence-electron chi connectivity index (χ3n) is 10.3. The molecule has 0 atom stereocenters. The summed E-state index contributed by atoms with van der Waals surface area (Å²) in [5, 5.41) is 2.61. The van der Waals surface area contributed by atoms with Gasteiger partial charge in [0.15, 0.2) is 17.5 Å². The lowest BCUT2D eigenvalue weighted by atomic mass is 9.97. The van der Waals surface area contributed by atoms with Crippen LogP contribution in [0.2, 0.25) is 0 Å². The van der Waals surface area contributed by atoms with Crippen LogP contribution < -0.4 is 0 Å². The lowest BCUT2D eigenvalue weighted by molar-refractivity contribution is 1.06. The zero-order valence-corrected chi connectivity index (χ0v) is 30.5. The highest BCUT2D eigenvalue weighted by molar-refractivity contribution is 7.26. The van der Waals surface area contributed by atoms with Crippen LogP contribution >= 0.6 is 11.3 Å². The predicted octanol–water partition coefficient (Wildman–Crippen LogP) is 13.7. The number of fused-ring (bicyclic) bond motifs is 6. The van der Waals surface area contributed by atoms with Crippen molar-refractivity contribution in [2.75, 3.05) is 0 Å². The summed E-state index contributed by atoms with van der Waals surface area (Å²) in [6, 6.07) is 50.7. The van der Waals surface area contributed by atoms with Gasteiger partial charge in [-0.15, -0.1) is 11.3 Å². The average molecular weight is 739 g/mol. The smallest absolute Gasteiger partial charge is 0.166 e. The molecule has 5 heteroatoms. The zero-order chi connectivity index (χ0) is 42.2. The van der Waals surface area contributed by atoms with Crippen LogP contribution in [0.3, 0.4) is 0 Å². The lowest BCUT2D eigenvalue weighted by Crippen LogP contribution is -2.05. The second-order valence-electron chi connectivity index (χ2n) is 13.5. The van der Waals surface area contributed by atoms with E-state index in [4.69, 9.17) is 20.4 Å². The Morgan fingerprint density at radius 3 is 1.66 bits per heavy atom. The van der Waals surface area contributed by atoms with Gasteiger partial charge in [-0.3, -0.25) is 0 Å². The van der Waals surface area contributed by atoms with Crippen LogP contribution in [0.5, 0.6) is 0 Å². The van der Waals surface area contributed by atoms with Crippen molar-refractivity contribution in [3.8, 4) is 62.1 Å². The van der Waals surface area contributed by atoms with Gasteiger partial charge in [0.25, 0.3) is 0 Å². The first-order chi connectivity index (χ1) is 30.3. The zero-order valence-electron chi connectivity index (χ0n) is 35.7. The maximum atomic E-state index is 9.59. The molecule has 0 aliphatic heterocycles. The van der Waals surface area contributed by atoms with Gasteiger partial charge in [-0.1, -0.05) is 170 Å². The van der Waals surface area contributed by atoms with E-state index in [-0.39, 0.29) is 41.6 Å². The number of para-hydroxylation sites is 3. The fourth-order valence-electron chi connectivity index (χ4n) is 7.67. The second kappa shape index (κ2) is 13.3. The van der Waals surface area contributed by atoms with Gasteiger partial charge in [-0.05, 0) is 35.4 Å². The van der Waals surface area contributed by atoms with E-state index in [0.717, 1.165) is 44.1 Å². The van der Waals surface area contributed by atoms with E-state index in [1.165, 1.54) is 17.4 Å². The van der Waals surface area contributed by atoms with Crippen molar-refractivity contribution in [2.45, 2.75) is 0 Å². The normalized spacial score (nSPS) is 13.1. The van der Waals surface area contributed by atoms with Crippen molar-refractivity contribution in [3.63, 3.8) is 0 Å². The maximum absolute atomic E-state index is 9.59. The number of hydrogen-bond donors (Lipinski definition) is 0. The van der Waals surface area contributed by atoms with Gasteiger partial charge >= 0.3 is 0 Å². The molecule has 0 bridgehead atoms. The molecule has 0 radical (unpaired) electrons. The average Bonchev–Trinajstić information content (AvgIpc) is 3.88. The Morgan fingerprint density at radius 2 is 0.946 bits per heavy atom. The maximum Gasteiger partial charge on any atom is 0.166 e. The Bertz CT molecular complexity index is 3540. The van der Waals surface area contributed by atoms with Crippen LogP contribution in [-0.4, -0.2) is 19.5 Å². The summed E-state index contributed by atoms with van der Waals surface area (Å²) in [4.78, 5) is 15.5. The summed E-state index contributed by atoms with van der Waals surface area (Å²) in [6.45, 7) is 0. The van der Waals surface area contributed by atoms with Crippen molar-refractivity contribution < 1.29 is 8.22 Å². The summed E-state index contributed by atoms with van der Waals surface area (Å²) in [5.74, 6) is 1.35. The fraction of sp³-hybridized carbons (Fsp3) is 0. The van der Waals surface area contributed by atoms with E-state index in [1.807, 2.05) is 103 Å². The number of hydrogen-bond acceptors (Lipinski definition) is 4. The molecule has 3 aromatic heterocycles. The van der Waals surface area contributed by atoms with Crippen molar-refractivity contribution in [1.29, 1.82) is 0 Å². The van der Waals surface area contributed by atoms with E-state index in [9.17, 15) is 2.74 Å². The minimum atomic E-state index is -0.306. The SMILES string of the molecule is [2H]c1cc([2H])c2sc3c(-c4cccc(-c5nc(-c6ccccc6)nc(-c6ccc(-c7ccccc7)cc6)n5)c4-n4c5ccccc5c5ccccc54)c([2H])c([2H])c([2H])c3c2c1[2H]. The van der Waals surface area contributed by atoms with Crippen LogP contribution in [0.25, 0.3) is 104 Å². The number of aromatic nitrogens is 4. The molecule has 0 saturated carbocycles. The standard InChI is InChI=1S/C51H32N4S/c1-3-15-33(16-4-1)34-29-31-36(32-30-34)50-52-49(35-17-5-2-6-18-35)53-51(54-50)43-25-13-22-40(42-24-14-23-41-39-21-9-12-28-46(39)56-48(41)42)47(43)55-44-26-10-7-19-37(44)38-20-8-11-27-45(38)55/h1-32H/i9D,14D,21D,23D,24D,28D. The minimum Gasteiger partial charge on any atom is -0.308 e. The Balaban J connectivity index is 1.26. The highest BCUT2D eigenvalue weighted by Gasteiger charge is 2.24. The quantitative estimate of drug-likeness (QED) is 0.171. The van der Waals surface area contributed by atoms with Crippen molar-refractivity contribution in [1.82, 2.24) is 19.5 Å². The van der Waals surface area contributed by atoms with Crippen molar-refractivity contribution >= 4 is 53.3 Å². The summed E-state index contributed by atoms with van der Waals surface area (Å²) < 4.78 is 57.3. The molecule has 11 rings (SSSR count). The Kier molecular flexibility index (Phi) is 6.29. The van der Waals surface area contributed by atoms with E-state index < -0.39 is 0 Å². The van der Waals surface area contributed by atoms with Crippen LogP contribution in [0.4, 0.5) is 0 Å². The van der Waals surface area contributed by atoms with Crippen LogP contribution in [0, 0.1) is 0 Å². The summed E-state index contributed by atoms with van der Waals surface area (Å²) in [7, 11) is 0. The molecule has 0 aliphatic carbocycles. The molecule has 0 unspecified atom stereocenters. The third-order valence-corrected chi connectivity index (χ3v) is 11.4. The molecule has 262 valence electrons. The van der Waals surface area contributed by atoms with Gasteiger partial charge in [0.1, 0.15) is 0 Å². The molecular formula is C51H32N4S. The predicted molar refractivity (Wildman–Crippen MR) is 234 cm³/mol. The Hall–Kier alpha value is -7.21. The molecule has 0 fully saturated rings. The van der Waals surface area contributed by atoms with Crippen LogP contribution in [0.15, 0.2) is 194 Å². The van der Waals surface area contributed by atoms with Crippen molar-refractivity contribution in [3.05, 3.63) is 194 Å². The summed E-state index contributed by atoms with van der Waals surface area (Å²) in [5.41, 5.74) is 7.85. The molecule has 11 aromatic rings. The molecule has 0 N–H and O–H groups in total. The second-order valence-corrected chi connectivity index (χ2v) is 14.5.